The van der Waals surface area contributed by atoms with Gasteiger partial charge < -0.3 is 19.3 Å². The summed E-state index contributed by atoms with van der Waals surface area (Å²) < 4.78 is 24.3. The second-order valence-electron chi connectivity index (χ2n) is 15.0. The Morgan fingerprint density at radius 2 is 0.952 bits per heavy atom. The molecule has 0 atom stereocenters. The number of carbonyl (C=O) groups is 1. The van der Waals surface area contributed by atoms with Gasteiger partial charge in [-0.05, 0) is 69.2 Å². The lowest BCUT2D eigenvalue weighted by atomic mass is 9.78. The molecule has 0 aromatic heterocycles. The van der Waals surface area contributed by atoms with Gasteiger partial charge in [0.2, 0.25) is 0 Å². The maximum Gasteiger partial charge on any atom is 0.364 e. The van der Waals surface area contributed by atoms with Crippen LogP contribution in [0.15, 0.2) is 35.7 Å². The first-order chi connectivity index (χ1) is 18.9. The summed E-state index contributed by atoms with van der Waals surface area (Å²) in [4.78, 5) is 13.8. The molecule has 0 aliphatic rings. The van der Waals surface area contributed by atoms with Gasteiger partial charge in [-0.25, -0.2) is 0 Å². The summed E-state index contributed by atoms with van der Waals surface area (Å²) in [5.41, 5.74) is 2.84. The minimum absolute atomic E-state index is 0.125. The van der Waals surface area contributed by atoms with Crippen LogP contribution in [0.3, 0.4) is 0 Å². The summed E-state index contributed by atoms with van der Waals surface area (Å²) in [7, 11) is -1.48. The Bertz CT molecular complexity index is 1360. The number of allylic oxidation sites excluding steroid dienone is 2. The number of hydrogen-bond donors (Lipinski definition) is 2. The van der Waals surface area contributed by atoms with Crippen molar-refractivity contribution in [3.05, 3.63) is 69.0 Å². The van der Waals surface area contributed by atoms with E-state index in [1.54, 1.807) is 6.08 Å². The highest BCUT2D eigenvalue weighted by atomic mass is 31.2. The van der Waals surface area contributed by atoms with Crippen molar-refractivity contribution in [2.45, 2.75) is 105 Å². The molecule has 0 fully saturated rings. The van der Waals surface area contributed by atoms with Gasteiger partial charge in [-0.3, -0.25) is 9.36 Å². The molecule has 42 heavy (non-hydrogen) atoms. The van der Waals surface area contributed by atoms with E-state index in [1.165, 1.54) is 26.4 Å². The van der Waals surface area contributed by atoms with Gasteiger partial charge in [-0.15, -0.1) is 0 Å². The van der Waals surface area contributed by atoms with Crippen LogP contribution in [0.5, 0.6) is 11.5 Å². The zero-order chi connectivity index (χ0) is 32.6. The Kier molecular flexibility index (Phi) is 10.3. The topological polar surface area (TPSA) is 93.1 Å². The van der Waals surface area contributed by atoms with Crippen molar-refractivity contribution in [2.75, 3.05) is 14.2 Å². The highest BCUT2D eigenvalue weighted by Crippen LogP contribution is 2.56. The van der Waals surface area contributed by atoms with E-state index in [9.17, 15) is 19.6 Å². The number of rotatable bonds is 7. The lowest BCUT2D eigenvalue weighted by Gasteiger charge is -2.28. The van der Waals surface area contributed by atoms with E-state index < -0.39 is 24.2 Å². The van der Waals surface area contributed by atoms with Gasteiger partial charge in [0.15, 0.2) is 5.78 Å². The monoisotopic (exact) mass is 598 g/mol. The van der Waals surface area contributed by atoms with Gasteiger partial charge in [0.1, 0.15) is 16.8 Å². The van der Waals surface area contributed by atoms with Gasteiger partial charge in [0.05, 0.1) is 0 Å². The first-order valence-electron chi connectivity index (χ1n) is 14.3. The van der Waals surface area contributed by atoms with Gasteiger partial charge in [0.25, 0.3) is 0 Å². The number of aromatic hydroxyl groups is 2. The van der Waals surface area contributed by atoms with Crippen LogP contribution in [0.2, 0.25) is 0 Å². The van der Waals surface area contributed by atoms with Crippen molar-refractivity contribution < 1.29 is 28.6 Å². The van der Waals surface area contributed by atoms with Crippen molar-refractivity contribution in [1.82, 2.24) is 0 Å². The molecule has 0 bridgehead atoms. The van der Waals surface area contributed by atoms with Crippen LogP contribution in [0.25, 0.3) is 12.2 Å². The van der Waals surface area contributed by atoms with Crippen molar-refractivity contribution in [1.29, 1.82) is 0 Å². The molecule has 2 aromatic carbocycles. The van der Waals surface area contributed by atoms with Crippen molar-refractivity contribution in [2.24, 2.45) is 0 Å². The van der Waals surface area contributed by atoms with Crippen molar-refractivity contribution >= 4 is 25.5 Å². The van der Waals surface area contributed by atoms with E-state index in [-0.39, 0.29) is 27.6 Å². The van der Waals surface area contributed by atoms with Crippen LogP contribution in [-0.4, -0.2) is 30.2 Å². The fourth-order valence-electron chi connectivity index (χ4n) is 4.75. The maximum absolute atomic E-state index is 13.8. The molecule has 0 unspecified atom stereocenters. The first kappa shape index (κ1) is 35.5. The highest BCUT2D eigenvalue weighted by molar-refractivity contribution is 7.60. The number of carbonyl (C=O) groups excluding carboxylic acids is 1. The van der Waals surface area contributed by atoms with Crippen molar-refractivity contribution in [3.8, 4) is 11.5 Å². The molecule has 0 aliphatic carbocycles. The van der Waals surface area contributed by atoms with Crippen LogP contribution in [0, 0.1) is 0 Å². The molecule has 0 heterocycles. The average molecular weight is 599 g/mol. The third-order valence-corrected chi connectivity index (χ3v) is 9.16. The summed E-state index contributed by atoms with van der Waals surface area (Å²) in [5, 5.41) is 22.1. The number of ketones is 1. The molecule has 0 aliphatic heterocycles. The third kappa shape index (κ3) is 8.03. The quantitative estimate of drug-likeness (QED) is 0.244. The first-order valence-corrected chi connectivity index (χ1v) is 15.8. The summed E-state index contributed by atoms with van der Waals surface area (Å²) in [6, 6.07) is 7.36. The Hall–Kier alpha value is -2.66. The summed E-state index contributed by atoms with van der Waals surface area (Å²) in [6.45, 7) is 24.2. The lowest BCUT2D eigenvalue weighted by molar-refractivity contribution is -0.110. The van der Waals surface area contributed by atoms with E-state index in [4.69, 9.17) is 9.05 Å². The Morgan fingerprint density at radius 1 is 0.643 bits per heavy atom. The smallest absolute Gasteiger partial charge is 0.364 e. The molecule has 0 saturated carbocycles. The number of phenols is 2. The van der Waals surface area contributed by atoms with Gasteiger partial charge in [-0.2, -0.15) is 0 Å². The zero-order valence-corrected chi connectivity index (χ0v) is 28.9. The Balaban J connectivity index is 2.82. The molecule has 232 valence electrons. The van der Waals surface area contributed by atoms with Crippen molar-refractivity contribution in [3.63, 3.8) is 0 Å². The van der Waals surface area contributed by atoms with E-state index in [0.29, 0.717) is 16.7 Å². The number of phenolic OH excluding ortho intramolecular Hbond substituents is 2. The molecular weight excluding hydrogens is 547 g/mol. The molecule has 0 spiro atoms. The Labute approximate surface area is 253 Å². The molecular formula is C35H51O6P. The third-order valence-electron chi connectivity index (χ3n) is 7.26. The molecule has 0 radical (unpaired) electrons. The standard InChI is InChI=1S/C35H51O6P/c1-32(2,3)24-17-22(18-25(30(24)37)33(4,5)6)15-16-28(36)29(42(39,40-13)41-14)21-23-19-26(34(7,8)9)31(38)27(20-23)35(10,11)12/h15-21,37-38H,1-14H3/b16-15+,29-21+. The summed E-state index contributed by atoms with van der Waals surface area (Å²) in [6.07, 6.45) is 4.55. The van der Waals surface area contributed by atoms with Gasteiger partial charge >= 0.3 is 7.60 Å². The van der Waals surface area contributed by atoms with Crippen LogP contribution in [0.1, 0.15) is 116 Å². The normalized spacial score (nSPS) is 14.1. The minimum atomic E-state index is -3.98. The number of benzene rings is 2. The lowest BCUT2D eigenvalue weighted by Crippen LogP contribution is -2.17. The van der Waals surface area contributed by atoms with E-state index in [2.05, 4.69) is 0 Å². The average Bonchev–Trinajstić information content (AvgIpc) is 2.83. The Morgan fingerprint density at radius 3 is 1.24 bits per heavy atom. The highest BCUT2D eigenvalue weighted by Gasteiger charge is 2.33. The largest absolute Gasteiger partial charge is 0.507 e. The zero-order valence-electron chi connectivity index (χ0n) is 28.0. The molecule has 2 N–H and O–H groups in total. The van der Waals surface area contributed by atoms with Crippen LogP contribution in [0.4, 0.5) is 0 Å². The van der Waals surface area contributed by atoms with Gasteiger partial charge in [-0.1, -0.05) is 89.2 Å². The van der Waals surface area contributed by atoms with Crippen LogP contribution < -0.4 is 0 Å². The minimum Gasteiger partial charge on any atom is -0.507 e. The second kappa shape index (κ2) is 12.1. The predicted molar refractivity (Wildman–Crippen MR) is 175 cm³/mol. The molecule has 7 heteroatoms. The summed E-state index contributed by atoms with van der Waals surface area (Å²) >= 11 is 0. The molecule has 6 nitrogen and oxygen atoms in total. The summed E-state index contributed by atoms with van der Waals surface area (Å²) in [5.74, 6) is -0.0791. The predicted octanol–water partition coefficient (Wildman–Crippen LogP) is 9.40. The van der Waals surface area contributed by atoms with E-state index >= 15 is 0 Å². The maximum atomic E-state index is 13.8. The second-order valence-corrected chi connectivity index (χ2v) is 17.2. The molecule has 0 amide bonds. The molecule has 2 rings (SSSR count). The molecule has 0 saturated heterocycles. The molecule has 2 aromatic rings. The van der Waals surface area contributed by atoms with E-state index in [1.807, 2.05) is 107 Å². The number of hydrogen-bond acceptors (Lipinski definition) is 6. The SMILES string of the molecule is COP(=O)(OC)/C(=C/c1cc(C(C)(C)C)c(O)c(C(C)(C)C)c1)C(=O)/C=C/c1cc(C(C)(C)C)c(O)c(C(C)(C)C)c1. The fourth-order valence-corrected chi connectivity index (χ4v) is 5.95. The fraction of sp³-hybridized carbons (Fsp3) is 0.514. The van der Waals surface area contributed by atoms with Gasteiger partial charge in [0, 0.05) is 36.5 Å². The van der Waals surface area contributed by atoms with Crippen LogP contribution in [-0.2, 0) is 40.1 Å². The van der Waals surface area contributed by atoms with E-state index in [0.717, 1.165) is 16.7 Å². The van der Waals surface area contributed by atoms with Crippen LogP contribution >= 0.6 is 7.60 Å².